The molecule has 4 nitrogen and oxygen atoms in total. The molecule has 1 fully saturated rings. The number of rotatable bonds is 7. The average molecular weight is 297 g/mol. The molecule has 0 saturated heterocycles. The molecule has 1 saturated carbocycles. The SMILES string of the molecule is CCOC(=O)[C@@H](C)NCC(=O)[C@@H]1C[C@H](C)CC[C@H]1C(C)C. The molecule has 1 N–H and O–H groups in total. The first-order valence-electron chi connectivity index (χ1n) is 8.29. The lowest BCUT2D eigenvalue weighted by atomic mass is 9.68. The third-order valence-electron chi connectivity index (χ3n) is 4.66. The second-order valence-electron chi connectivity index (χ2n) is 6.75. The van der Waals surface area contributed by atoms with Gasteiger partial charge in [0.15, 0.2) is 0 Å². The fourth-order valence-electron chi connectivity index (χ4n) is 3.31. The van der Waals surface area contributed by atoms with Crippen LogP contribution in [0.5, 0.6) is 0 Å². The molecule has 0 amide bonds. The minimum absolute atomic E-state index is 0.135. The fraction of sp³-hybridized carbons (Fsp3) is 0.882. The van der Waals surface area contributed by atoms with Crippen molar-refractivity contribution >= 4 is 11.8 Å². The van der Waals surface area contributed by atoms with Crippen molar-refractivity contribution in [2.75, 3.05) is 13.2 Å². The summed E-state index contributed by atoms with van der Waals surface area (Å²) in [4.78, 5) is 24.1. The van der Waals surface area contributed by atoms with Crippen molar-refractivity contribution in [3.05, 3.63) is 0 Å². The third kappa shape index (κ3) is 5.42. The van der Waals surface area contributed by atoms with Crippen LogP contribution in [0.4, 0.5) is 0 Å². The number of carbonyl (C=O) groups excluding carboxylic acids is 2. The molecule has 0 aromatic carbocycles. The first-order chi connectivity index (χ1) is 9.86. The first kappa shape index (κ1) is 18.1. The molecule has 122 valence electrons. The molecule has 1 aliphatic rings. The van der Waals surface area contributed by atoms with E-state index in [1.54, 1.807) is 13.8 Å². The lowest BCUT2D eigenvalue weighted by Crippen LogP contribution is -2.43. The molecule has 0 spiro atoms. The van der Waals surface area contributed by atoms with Crippen molar-refractivity contribution in [2.24, 2.45) is 23.7 Å². The highest BCUT2D eigenvalue weighted by Gasteiger charge is 2.35. The summed E-state index contributed by atoms with van der Waals surface area (Å²) in [5, 5.41) is 3.01. The van der Waals surface area contributed by atoms with Crippen molar-refractivity contribution in [1.82, 2.24) is 5.32 Å². The Bertz CT molecular complexity index is 354. The van der Waals surface area contributed by atoms with Gasteiger partial charge in [0.2, 0.25) is 0 Å². The monoisotopic (exact) mass is 297 g/mol. The van der Waals surface area contributed by atoms with Crippen molar-refractivity contribution in [1.29, 1.82) is 0 Å². The van der Waals surface area contributed by atoms with Gasteiger partial charge in [-0.05, 0) is 44.4 Å². The Labute approximate surface area is 129 Å². The average Bonchev–Trinajstić information content (AvgIpc) is 2.44. The molecule has 0 aromatic heterocycles. The Hall–Kier alpha value is -0.900. The first-order valence-corrected chi connectivity index (χ1v) is 8.29. The lowest BCUT2D eigenvalue weighted by molar-refractivity contribution is -0.145. The molecule has 0 radical (unpaired) electrons. The minimum atomic E-state index is -0.424. The van der Waals surface area contributed by atoms with E-state index in [-0.39, 0.29) is 24.2 Å². The molecule has 0 aromatic rings. The fourth-order valence-corrected chi connectivity index (χ4v) is 3.31. The van der Waals surface area contributed by atoms with Gasteiger partial charge in [0.05, 0.1) is 13.2 Å². The van der Waals surface area contributed by atoms with E-state index in [0.717, 1.165) is 12.8 Å². The topological polar surface area (TPSA) is 55.4 Å². The van der Waals surface area contributed by atoms with Gasteiger partial charge in [0.25, 0.3) is 0 Å². The molecule has 1 rings (SSSR count). The van der Waals surface area contributed by atoms with Crippen LogP contribution >= 0.6 is 0 Å². The molecule has 21 heavy (non-hydrogen) atoms. The summed E-state index contributed by atoms with van der Waals surface area (Å²) in [5.74, 6) is 1.73. The minimum Gasteiger partial charge on any atom is -0.465 e. The van der Waals surface area contributed by atoms with Crippen LogP contribution < -0.4 is 5.32 Å². The summed E-state index contributed by atoms with van der Waals surface area (Å²) >= 11 is 0. The number of ketones is 1. The van der Waals surface area contributed by atoms with E-state index in [9.17, 15) is 9.59 Å². The number of hydrogen-bond acceptors (Lipinski definition) is 4. The molecular weight excluding hydrogens is 266 g/mol. The summed E-state index contributed by atoms with van der Waals surface area (Å²) in [6, 6.07) is -0.424. The number of Topliss-reactive ketones (excluding diaryl/α,β-unsaturated/α-hetero) is 1. The largest absolute Gasteiger partial charge is 0.465 e. The smallest absolute Gasteiger partial charge is 0.322 e. The summed E-state index contributed by atoms with van der Waals surface area (Å²) in [5.41, 5.74) is 0. The molecule has 0 heterocycles. The van der Waals surface area contributed by atoms with E-state index in [4.69, 9.17) is 4.74 Å². The highest BCUT2D eigenvalue weighted by Crippen LogP contribution is 2.38. The van der Waals surface area contributed by atoms with E-state index >= 15 is 0 Å². The number of esters is 1. The van der Waals surface area contributed by atoms with Crippen molar-refractivity contribution in [3.8, 4) is 0 Å². The van der Waals surface area contributed by atoms with E-state index < -0.39 is 6.04 Å². The highest BCUT2D eigenvalue weighted by atomic mass is 16.5. The standard InChI is InChI=1S/C17H31NO3/c1-6-21-17(20)13(5)18-10-16(19)15-9-12(4)7-8-14(15)11(2)3/h11-15,18H,6-10H2,1-5H3/t12-,13-,14+,15-/m1/s1. The maximum Gasteiger partial charge on any atom is 0.322 e. The molecule has 0 aliphatic heterocycles. The van der Waals surface area contributed by atoms with E-state index in [1.807, 2.05) is 0 Å². The van der Waals surface area contributed by atoms with Gasteiger partial charge in [-0.15, -0.1) is 0 Å². The van der Waals surface area contributed by atoms with E-state index in [2.05, 4.69) is 26.1 Å². The van der Waals surface area contributed by atoms with Crippen LogP contribution in [-0.2, 0) is 14.3 Å². The summed E-state index contributed by atoms with van der Waals surface area (Å²) in [6.45, 7) is 10.8. The molecule has 4 atom stereocenters. The Morgan fingerprint density at radius 2 is 1.90 bits per heavy atom. The zero-order chi connectivity index (χ0) is 16.0. The Balaban J connectivity index is 2.53. The number of nitrogens with one attached hydrogen (secondary N) is 1. The van der Waals surface area contributed by atoms with Gasteiger partial charge < -0.3 is 4.74 Å². The van der Waals surface area contributed by atoms with Gasteiger partial charge in [0, 0.05) is 5.92 Å². The summed E-state index contributed by atoms with van der Waals surface area (Å²) in [6.07, 6.45) is 3.35. The summed E-state index contributed by atoms with van der Waals surface area (Å²) in [7, 11) is 0. The zero-order valence-electron chi connectivity index (χ0n) is 14.1. The van der Waals surface area contributed by atoms with Gasteiger partial charge in [0.1, 0.15) is 11.8 Å². The Morgan fingerprint density at radius 1 is 1.24 bits per heavy atom. The predicted molar refractivity (Wildman–Crippen MR) is 83.9 cm³/mol. The number of hydrogen-bond donors (Lipinski definition) is 1. The zero-order valence-corrected chi connectivity index (χ0v) is 14.1. The molecule has 4 heteroatoms. The second-order valence-corrected chi connectivity index (χ2v) is 6.75. The van der Waals surface area contributed by atoms with Gasteiger partial charge in [-0.25, -0.2) is 0 Å². The van der Waals surface area contributed by atoms with Crippen LogP contribution in [-0.4, -0.2) is 30.9 Å². The maximum absolute atomic E-state index is 12.5. The normalized spacial score (nSPS) is 27.4. The predicted octanol–water partition coefficient (Wildman–Crippen LogP) is 2.81. The quantitative estimate of drug-likeness (QED) is 0.734. The second kappa shape index (κ2) is 8.52. The van der Waals surface area contributed by atoms with E-state index in [1.165, 1.54) is 6.42 Å². The highest BCUT2D eigenvalue weighted by molar-refractivity contribution is 5.84. The van der Waals surface area contributed by atoms with Gasteiger partial charge in [-0.3, -0.25) is 14.9 Å². The molecule has 0 unspecified atom stereocenters. The summed E-state index contributed by atoms with van der Waals surface area (Å²) < 4.78 is 4.95. The van der Waals surface area contributed by atoms with Gasteiger partial charge in [-0.1, -0.05) is 27.2 Å². The van der Waals surface area contributed by atoms with Gasteiger partial charge in [-0.2, -0.15) is 0 Å². The van der Waals surface area contributed by atoms with Crippen LogP contribution in [0.1, 0.15) is 53.9 Å². The van der Waals surface area contributed by atoms with E-state index in [0.29, 0.717) is 24.4 Å². The third-order valence-corrected chi connectivity index (χ3v) is 4.66. The van der Waals surface area contributed by atoms with Crippen molar-refractivity contribution < 1.29 is 14.3 Å². The maximum atomic E-state index is 12.5. The Morgan fingerprint density at radius 3 is 2.48 bits per heavy atom. The van der Waals surface area contributed by atoms with Gasteiger partial charge >= 0.3 is 5.97 Å². The van der Waals surface area contributed by atoms with Crippen LogP contribution in [0.25, 0.3) is 0 Å². The lowest BCUT2D eigenvalue weighted by Gasteiger charge is -2.36. The molecule has 0 bridgehead atoms. The molecular formula is C17H31NO3. The van der Waals surface area contributed by atoms with Crippen LogP contribution in [0, 0.1) is 23.7 Å². The molecule has 1 aliphatic carbocycles. The van der Waals surface area contributed by atoms with Crippen molar-refractivity contribution in [3.63, 3.8) is 0 Å². The van der Waals surface area contributed by atoms with Crippen LogP contribution in [0.3, 0.4) is 0 Å². The number of ether oxygens (including phenoxy) is 1. The Kier molecular flexibility index (Phi) is 7.36. The number of carbonyl (C=O) groups is 2. The van der Waals surface area contributed by atoms with Crippen LogP contribution in [0.2, 0.25) is 0 Å². The van der Waals surface area contributed by atoms with Crippen molar-refractivity contribution in [2.45, 2.75) is 59.9 Å². The van der Waals surface area contributed by atoms with Crippen LogP contribution in [0.15, 0.2) is 0 Å².